The highest BCUT2D eigenvalue weighted by molar-refractivity contribution is 9.10. The lowest BCUT2D eigenvalue weighted by molar-refractivity contribution is -0.137. The lowest BCUT2D eigenvalue weighted by atomic mass is 10.0. The minimum Gasteiger partial charge on any atom is -0.382 e. The second kappa shape index (κ2) is 6.37. The van der Waals surface area contributed by atoms with Gasteiger partial charge in [-0.25, -0.2) is 0 Å². The van der Waals surface area contributed by atoms with Gasteiger partial charge in [0.25, 0.3) is 0 Å². The van der Waals surface area contributed by atoms with Gasteiger partial charge in [0.05, 0.1) is 5.56 Å². The highest BCUT2D eigenvalue weighted by atomic mass is 79.9. The Morgan fingerprint density at radius 1 is 1.10 bits per heavy atom. The fourth-order valence-electron chi connectivity index (χ4n) is 2.70. The summed E-state index contributed by atoms with van der Waals surface area (Å²) in [4.78, 5) is 0. The van der Waals surface area contributed by atoms with Gasteiger partial charge in [0.15, 0.2) is 0 Å². The first kappa shape index (κ1) is 15.7. The van der Waals surface area contributed by atoms with Crippen LogP contribution in [0.25, 0.3) is 0 Å². The Balaban J connectivity index is 2.11. The molecule has 0 amide bonds. The molecule has 1 saturated carbocycles. The van der Waals surface area contributed by atoms with Gasteiger partial charge in [-0.1, -0.05) is 35.7 Å². The van der Waals surface area contributed by atoms with Crippen molar-refractivity contribution in [3.63, 3.8) is 0 Å². The summed E-state index contributed by atoms with van der Waals surface area (Å²) >= 11 is 3.16. The Kier molecular flexibility index (Phi) is 4.99. The summed E-state index contributed by atoms with van der Waals surface area (Å²) in [5.41, 5.74) is -0.0670. The van der Waals surface area contributed by atoms with E-state index in [-0.39, 0.29) is 6.04 Å². The van der Waals surface area contributed by atoms with Crippen molar-refractivity contribution in [2.75, 3.05) is 5.32 Å². The lowest BCUT2D eigenvalue weighted by Gasteiger charge is -2.19. The van der Waals surface area contributed by atoms with Gasteiger partial charge in [0, 0.05) is 16.2 Å². The normalized spacial score (nSPS) is 24.2. The van der Waals surface area contributed by atoms with Crippen LogP contribution in [0.2, 0.25) is 0 Å². The molecule has 0 saturated heterocycles. The van der Waals surface area contributed by atoms with E-state index in [1.54, 1.807) is 6.07 Å². The molecule has 20 heavy (non-hydrogen) atoms. The van der Waals surface area contributed by atoms with Gasteiger partial charge < -0.3 is 5.32 Å². The quantitative estimate of drug-likeness (QED) is 0.660. The van der Waals surface area contributed by atoms with Crippen molar-refractivity contribution in [1.82, 2.24) is 0 Å². The third kappa shape index (κ3) is 4.40. The molecule has 0 heterocycles. The number of hydrogen-bond donors (Lipinski definition) is 1. The van der Waals surface area contributed by atoms with Crippen molar-refractivity contribution in [3.05, 3.63) is 28.2 Å². The molecule has 1 fully saturated rings. The van der Waals surface area contributed by atoms with Crippen molar-refractivity contribution in [3.8, 4) is 0 Å². The average Bonchev–Trinajstić information content (AvgIpc) is 2.53. The molecule has 0 aromatic heterocycles. The van der Waals surface area contributed by atoms with E-state index < -0.39 is 11.7 Å². The second-order valence-corrected chi connectivity index (χ2v) is 6.60. The third-order valence-corrected chi connectivity index (χ3v) is 4.31. The summed E-state index contributed by atoms with van der Waals surface area (Å²) in [7, 11) is 0. The zero-order chi connectivity index (χ0) is 14.8. The van der Waals surface area contributed by atoms with Crippen LogP contribution < -0.4 is 5.32 Å². The number of alkyl halides is 3. The van der Waals surface area contributed by atoms with Gasteiger partial charge >= 0.3 is 6.18 Å². The van der Waals surface area contributed by atoms with E-state index in [1.165, 1.54) is 12.5 Å². The van der Waals surface area contributed by atoms with Gasteiger partial charge in [-0.15, -0.1) is 0 Å². The van der Waals surface area contributed by atoms with Crippen LogP contribution in [0.1, 0.15) is 44.6 Å². The molecule has 2 atom stereocenters. The van der Waals surface area contributed by atoms with Crippen molar-refractivity contribution in [1.29, 1.82) is 0 Å². The largest absolute Gasteiger partial charge is 0.416 e. The molecule has 0 aliphatic heterocycles. The van der Waals surface area contributed by atoms with Crippen molar-refractivity contribution in [2.24, 2.45) is 5.92 Å². The molecule has 2 rings (SSSR count). The van der Waals surface area contributed by atoms with Crippen LogP contribution in [0.4, 0.5) is 18.9 Å². The molecule has 0 radical (unpaired) electrons. The maximum atomic E-state index is 12.8. The molecule has 112 valence electrons. The molecule has 1 aromatic rings. The van der Waals surface area contributed by atoms with Gasteiger partial charge in [-0.05, 0) is 43.4 Å². The number of hydrogen-bond acceptors (Lipinski definition) is 1. The molecular weight excluding hydrogens is 331 g/mol. The maximum absolute atomic E-state index is 12.8. The number of rotatable bonds is 2. The molecule has 1 nitrogen and oxygen atoms in total. The predicted octanol–water partition coefficient (Wildman–Crippen LogP) is 5.85. The van der Waals surface area contributed by atoms with Crippen LogP contribution in [-0.2, 0) is 6.18 Å². The van der Waals surface area contributed by atoms with E-state index in [9.17, 15) is 13.2 Å². The molecule has 1 aliphatic carbocycles. The van der Waals surface area contributed by atoms with E-state index in [1.807, 2.05) is 0 Å². The van der Waals surface area contributed by atoms with Crippen molar-refractivity contribution >= 4 is 21.6 Å². The van der Waals surface area contributed by atoms with Gasteiger partial charge in [-0.2, -0.15) is 13.2 Å². The number of anilines is 1. The van der Waals surface area contributed by atoms with Crippen molar-refractivity contribution < 1.29 is 13.2 Å². The van der Waals surface area contributed by atoms with E-state index in [0.29, 0.717) is 10.2 Å². The summed E-state index contributed by atoms with van der Waals surface area (Å²) in [6.45, 7) is 2.24. The molecular formula is C15H19BrF3N. The van der Waals surface area contributed by atoms with Crippen LogP contribution in [0.3, 0.4) is 0 Å². The molecule has 0 spiro atoms. The minimum atomic E-state index is -4.31. The Bertz CT molecular complexity index is 459. The Labute approximate surface area is 126 Å². The standard InChI is InChI=1S/C15H19BrF3N/c1-10-3-2-4-13(6-5-10)20-14-8-11(15(17,18)19)7-12(16)9-14/h7-10,13,20H,2-6H2,1H3. The minimum absolute atomic E-state index is 0.273. The number of nitrogens with one attached hydrogen (secondary N) is 1. The Hall–Kier alpha value is -0.710. The van der Waals surface area contributed by atoms with E-state index in [2.05, 4.69) is 28.2 Å². The molecule has 5 heteroatoms. The monoisotopic (exact) mass is 349 g/mol. The maximum Gasteiger partial charge on any atom is 0.416 e. The number of benzene rings is 1. The Morgan fingerprint density at radius 2 is 1.85 bits per heavy atom. The number of halogens is 4. The summed E-state index contributed by atoms with van der Waals surface area (Å²) in [5.74, 6) is 0.718. The summed E-state index contributed by atoms with van der Waals surface area (Å²) < 4.78 is 38.8. The fourth-order valence-corrected chi connectivity index (χ4v) is 3.20. The van der Waals surface area contributed by atoms with Crippen LogP contribution in [0.5, 0.6) is 0 Å². The second-order valence-electron chi connectivity index (χ2n) is 5.68. The average molecular weight is 350 g/mol. The van der Waals surface area contributed by atoms with Crippen LogP contribution in [-0.4, -0.2) is 6.04 Å². The van der Waals surface area contributed by atoms with Gasteiger partial charge in [0.2, 0.25) is 0 Å². The molecule has 0 bridgehead atoms. The topological polar surface area (TPSA) is 12.0 Å². The first-order chi connectivity index (χ1) is 9.34. The van der Waals surface area contributed by atoms with Crippen LogP contribution in [0.15, 0.2) is 22.7 Å². The highest BCUT2D eigenvalue weighted by Crippen LogP contribution is 2.34. The summed E-state index contributed by atoms with van der Waals surface area (Å²) in [6, 6.07) is 4.29. The SMILES string of the molecule is CC1CCCC(Nc2cc(Br)cc(C(F)(F)F)c2)CC1. The molecule has 2 unspecified atom stereocenters. The zero-order valence-corrected chi connectivity index (χ0v) is 13.0. The lowest BCUT2D eigenvalue weighted by Crippen LogP contribution is -2.19. The van der Waals surface area contributed by atoms with Gasteiger partial charge in [-0.3, -0.25) is 0 Å². The van der Waals surface area contributed by atoms with Gasteiger partial charge in [0.1, 0.15) is 0 Å². The smallest absolute Gasteiger partial charge is 0.382 e. The fraction of sp³-hybridized carbons (Fsp3) is 0.600. The summed E-state index contributed by atoms with van der Waals surface area (Å²) in [6.07, 6.45) is 1.23. The first-order valence-corrected chi connectivity index (χ1v) is 7.78. The van der Waals surface area contributed by atoms with E-state index in [4.69, 9.17) is 0 Å². The predicted molar refractivity (Wildman–Crippen MR) is 78.8 cm³/mol. The highest BCUT2D eigenvalue weighted by Gasteiger charge is 2.31. The Morgan fingerprint density at radius 3 is 2.55 bits per heavy atom. The van der Waals surface area contributed by atoms with Crippen LogP contribution in [0, 0.1) is 5.92 Å². The third-order valence-electron chi connectivity index (χ3n) is 3.85. The zero-order valence-electron chi connectivity index (χ0n) is 11.4. The molecule has 1 N–H and O–H groups in total. The van der Waals surface area contributed by atoms with Crippen molar-refractivity contribution in [2.45, 2.75) is 51.2 Å². The molecule has 1 aliphatic rings. The first-order valence-electron chi connectivity index (χ1n) is 6.99. The summed E-state index contributed by atoms with van der Waals surface area (Å²) in [5, 5.41) is 3.26. The van der Waals surface area contributed by atoms with E-state index in [0.717, 1.165) is 37.7 Å². The molecule has 1 aromatic carbocycles. The van der Waals surface area contributed by atoms with Crippen LogP contribution >= 0.6 is 15.9 Å². The van der Waals surface area contributed by atoms with E-state index >= 15 is 0 Å².